The van der Waals surface area contributed by atoms with Gasteiger partial charge in [0.05, 0.1) is 18.4 Å². The van der Waals surface area contributed by atoms with Gasteiger partial charge in [-0.1, -0.05) is 42.5 Å². The van der Waals surface area contributed by atoms with Crippen molar-refractivity contribution in [3.8, 4) is 5.75 Å². The number of amides is 2. The van der Waals surface area contributed by atoms with Crippen molar-refractivity contribution in [3.63, 3.8) is 0 Å². The zero-order valence-corrected chi connectivity index (χ0v) is 24.5. The summed E-state index contributed by atoms with van der Waals surface area (Å²) in [4.78, 5) is 41.7. The molecule has 9 heteroatoms. The quantitative estimate of drug-likeness (QED) is 0.432. The fraction of sp³-hybridized carbons (Fsp3) is 0.455. The largest absolute Gasteiger partial charge is 0.492 e. The number of para-hydroxylation sites is 1. The van der Waals surface area contributed by atoms with Gasteiger partial charge in [0.1, 0.15) is 18.2 Å². The Balaban J connectivity index is 1.42. The molecule has 3 heterocycles. The lowest BCUT2D eigenvalue weighted by Gasteiger charge is -2.42. The second kappa shape index (κ2) is 14.3. The Morgan fingerprint density at radius 1 is 0.952 bits per heavy atom. The monoisotopic (exact) mass is 571 g/mol. The van der Waals surface area contributed by atoms with E-state index in [0.29, 0.717) is 57.3 Å². The van der Waals surface area contributed by atoms with Crippen molar-refractivity contribution in [2.45, 2.75) is 39.2 Å². The molecule has 2 aliphatic rings. The minimum atomic E-state index is -0.107. The van der Waals surface area contributed by atoms with Crippen LogP contribution < -0.4 is 9.64 Å². The van der Waals surface area contributed by atoms with Gasteiger partial charge in [-0.3, -0.25) is 14.6 Å². The van der Waals surface area contributed by atoms with Crippen LogP contribution in [0.3, 0.4) is 0 Å². The van der Waals surface area contributed by atoms with E-state index in [1.54, 1.807) is 18.6 Å². The van der Waals surface area contributed by atoms with E-state index in [0.717, 1.165) is 43.6 Å². The number of piperidine rings is 1. The van der Waals surface area contributed by atoms with E-state index in [-0.39, 0.29) is 23.8 Å². The third kappa shape index (κ3) is 7.45. The van der Waals surface area contributed by atoms with Crippen molar-refractivity contribution < 1.29 is 19.1 Å². The van der Waals surface area contributed by atoms with E-state index < -0.39 is 0 Å². The SMILES string of the molecule is CCOCC(=O)N1CCC2(CCCN(c3cnccn3)CCN(Cc3ccccc3)C(=O)c3ccccc3OC2)CC1. The molecule has 222 valence electrons. The smallest absolute Gasteiger partial charge is 0.257 e. The van der Waals surface area contributed by atoms with Gasteiger partial charge in [-0.15, -0.1) is 0 Å². The number of ether oxygens (including phenoxy) is 2. The van der Waals surface area contributed by atoms with Crippen LogP contribution in [0.4, 0.5) is 5.82 Å². The number of carbonyl (C=O) groups is 2. The number of nitrogens with zero attached hydrogens (tertiary/aromatic N) is 5. The summed E-state index contributed by atoms with van der Waals surface area (Å²) in [7, 11) is 0. The average Bonchev–Trinajstić information content (AvgIpc) is 3.05. The Hall–Kier alpha value is -3.98. The van der Waals surface area contributed by atoms with Gasteiger partial charge in [-0.25, -0.2) is 4.98 Å². The number of carbonyl (C=O) groups excluding carboxylic acids is 2. The molecule has 2 aromatic carbocycles. The van der Waals surface area contributed by atoms with E-state index in [1.165, 1.54) is 0 Å². The Morgan fingerprint density at radius 2 is 1.74 bits per heavy atom. The Kier molecular flexibility index (Phi) is 10.0. The number of likely N-dealkylation sites (tertiary alicyclic amines) is 1. The van der Waals surface area contributed by atoms with Crippen LogP contribution in [0.2, 0.25) is 0 Å². The summed E-state index contributed by atoms with van der Waals surface area (Å²) in [6.07, 6.45) is 8.74. The summed E-state index contributed by atoms with van der Waals surface area (Å²) in [5.74, 6) is 1.40. The van der Waals surface area contributed by atoms with Crippen LogP contribution in [-0.2, 0) is 16.1 Å². The molecular weight excluding hydrogens is 530 g/mol. The van der Waals surface area contributed by atoms with Crippen LogP contribution in [-0.4, -0.2) is 84.1 Å². The highest BCUT2D eigenvalue weighted by molar-refractivity contribution is 5.97. The van der Waals surface area contributed by atoms with Crippen LogP contribution in [0.5, 0.6) is 5.75 Å². The van der Waals surface area contributed by atoms with Crippen LogP contribution in [0.15, 0.2) is 73.2 Å². The highest BCUT2D eigenvalue weighted by Crippen LogP contribution is 2.38. The summed E-state index contributed by atoms with van der Waals surface area (Å²) in [6, 6.07) is 17.6. The van der Waals surface area contributed by atoms with Crippen molar-refractivity contribution in [2.75, 3.05) is 57.4 Å². The summed E-state index contributed by atoms with van der Waals surface area (Å²) >= 11 is 0. The maximum Gasteiger partial charge on any atom is 0.257 e. The molecule has 1 saturated heterocycles. The lowest BCUT2D eigenvalue weighted by molar-refractivity contribution is -0.138. The first-order valence-corrected chi connectivity index (χ1v) is 15.0. The minimum Gasteiger partial charge on any atom is -0.492 e. The molecule has 1 spiro atoms. The van der Waals surface area contributed by atoms with E-state index in [2.05, 4.69) is 14.9 Å². The van der Waals surface area contributed by atoms with Crippen molar-refractivity contribution in [1.82, 2.24) is 19.8 Å². The summed E-state index contributed by atoms with van der Waals surface area (Å²) in [6.45, 7) is 6.84. The second-order valence-electron chi connectivity index (χ2n) is 11.2. The van der Waals surface area contributed by atoms with Crippen molar-refractivity contribution in [3.05, 3.63) is 84.3 Å². The van der Waals surface area contributed by atoms with Gasteiger partial charge in [-0.05, 0) is 50.3 Å². The normalized spacial score (nSPS) is 17.9. The van der Waals surface area contributed by atoms with Gasteiger partial charge < -0.3 is 24.2 Å². The molecule has 2 amide bonds. The fourth-order valence-corrected chi connectivity index (χ4v) is 5.89. The van der Waals surface area contributed by atoms with E-state index in [1.807, 2.05) is 71.3 Å². The number of rotatable bonds is 6. The summed E-state index contributed by atoms with van der Waals surface area (Å²) in [5.41, 5.74) is 1.53. The molecule has 0 atom stereocenters. The molecule has 3 aromatic rings. The number of benzene rings is 2. The molecule has 0 saturated carbocycles. The molecular formula is C33H41N5O4. The molecule has 5 rings (SSSR count). The average molecular weight is 572 g/mol. The van der Waals surface area contributed by atoms with Gasteiger partial charge in [-0.2, -0.15) is 0 Å². The number of aromatic nitrogens is 2. The molecule has 0 bridgehead atoms. The first-order valence-electron chi connectivity index (χ1n) is 15.0. The van der Waals surface area contributed by atoms with Crippen molar-refractivity contribution in [2.24, 2.45) is 5.41 Å². The highest BCUT2D eigenvalue weighted by Gasteiger charge is 2.37. The number of fused-ring (bicyclic) bond motifs is 1. The molecule has 1 aromatic heterocycles. The van der Waals surface area contributed by atoms with Gasteiger partial charge in [0.25, 0.3) is 5.91 Å². The predicted molar refractivity (Wildman–Crippen MR) is 161 cm³/mol. The first kappa shape index (κ1) is 29.5. The molecule has 0 radical (unpaired) electrons. The topological polar surface area (TPSA) is 88.1 Å². The number of hydrogen-bond acceptors (Lipinski definition) is 7. The standard InChI is InChI=1S/C33H41N5O4/c1-2-41-25-31(39)37-19-14-33(15-20-37)13-8-18-36(30-23-34-16-17-35-30)21-22-38(24-27-9-4-3-5-10-27)32(40)28-11-6-7-12-29(28)42-26-33/h3-7,9-12,16-17,23H,2,8,13-15,18-22,24-26H2,1H3. The first-order chi connectivity index (χ1) is 20.6. The lowest BCUT2D eigenvalue weighted by Crippen LogP contribution is -2.47. The Labute approximate surface area is 248 Å². The van der Waals surface area contributed by atoms with Crippen LogP contribution in [0, 0.1) is 5.41 Å². The van der Waals surface area contributed by atoms with Crippen molar-refractivity contribution in [1.29, 1.82) is 0 Å². The second-order valence-corrected chi connectivity index (χ2v) is 11.2. The molecule has 0 N–H and O–H groups in total. The Morgan fingerprint density at radius 3 is 2.50 bits per heavy atom. The molecule has 9 nitrogen and oxygen atoms in total. The minimum absolute atomic E-state index is 0.0422. The molecule has 42 heavy (non-hydrogen) atoms. The van der Waals surface area contributed by atoms with E-state index in [4.69, 9.17) is 9.47 Å². The summed E-state index contributed by atoms with van der Waals surface area (Å²) < 4.78 is 11.9. The van der Waals surface area contributed by atoms with Crippen molar-refractivity contribution >= 4 is 17.6 Å². The zero-order chi connectivity index (χ0) is 29.2. The van der Waals surface area contributed by atoms with Gasteiger partial charge in [0.15, 0.2) is 0 Å². The highest BCUT2D eigenvalue weighted by atomic mass is 16.5. The van der Waals surface area contributed by atoms with Gasteiger partial charge in [0.2, 0.25) is 5.91 Å². The zero-order valence-electron chi connectivity index (χ0n) is 24.5. The summed E-state index contributed by atoms with van der Waals surface area (Å²) in [5, 5.41) is 0. The lowest BCUT2D eigenvalue weighted by atomic mass is 9.75. The molecule has 1 fully saturated rings. The van der Waals surface area contributed by atoms with Crippen LogP contribution in [0.1, 0.15) is 48.5 Å². The maximum absolute atomic E-state index is 14.1. The third-order valence-electron chi connectivity index (χ3n) is 8.41. The molecule has 2 aliphatic heterocycles. The molecule has 0 unspecified atom stereocenters. The van der Waals surface area contributed by atoms with Crippen LogP contribution >= 0.6 is 0 Å². The van der Waals surface area contributed by atoms with E-state index in [9.17, 15) is 9.59 Å². The molecule has 0 aliphatic carbocycles. The predicted octanol–water partition coefficient (Wildman–Crippen LogP) is 4.44. The third-order valence-corrected chi connectivity index (χ3v) is 8.41. The Bertz CT molecular complexity index is 1300. The van der Waals surface area contributed by atoms with Crippen LogP contribution in [0.25, 0.3) is 0 Å². The number of hydrogen-bond donors (Lipinski definition) is 0. The number of anilines is 1. The van der Waals surface area contributed by atoms with Gasteiger partial charge in [0, 0.05) is 63.7 Å². The maximum atomic E-state index is 14.1. The fourth-order valence-electron chi connectivity index (χ4n) is 5.89. The van der Waals surface area contributed by atoms with Gasteiger partial charge >= 0.3 is 0 Å². The van der Waals surface area contributed by atoms with E-state index >= 15 is 0 Å².